The van der Waals surface area contributed by atoms with Gasteiger partial charge in [-0.05, 0) is 18.1 Å². The number of aliphatic hydroxyl groups is 1. The summed E-state index contributed by atoms with van der Waals surface area (Å²) in [5, 5.41) is 8.99. The van der Waals surface area contributed by atoms with Crippen LogP contribution in [-0.2, 0) is 6.42 Å². The van der Waals surface area contributed by atoms with E-state index in [1.54, 1.807) is 0 Å². The van der Waals surface area contributed by atoms with Crippen LogP contribution < -0.4 is 5.73 Å². The van der Waals surface area contributed by atoms with Gasteiger partial charge < -0.3 is 10.8 Å². The van der Waals surface area contributed by atoms with Crippen LogP contribution in [0.25, 0.3) is 0 Å². The summed E-state index contributed by atoms with van der Waals surface area (Å²) in [6.07, 6.45) is 0.732. The van der Waals surface area contributed by atoms with E-state index in [2.05, 4.69) is 32.9 Å². The molecule has 0 heterocycles. The second-order valence-electron chi connectivity index (χ2n) is 4.97. The van der Waals surface area contributed by atoms with E-state index < -0.39 is 0 Å². The molecular weight excluding hydrogens is 218 g/mol. The third-order valence-corrected chi connectivity index (χ3v) is 3.34. The number of aliphatic hydroxyl groups excluding tert-OH is 1. The summed E-state index contributed by atoms with van der Waals surface area (Å²) in [6, 6.07) is 8.11. The molecule has 0 aromatic heterocycles. The first-order valence-electron chi connectivity index (χ1n) is 5.56. The Morgan fingerprint density at radius 2 is 1.94 bits per heavy atom. The van der Waals surface area contributed by atoms with E-state index in [0.29, 0.717) is 0 Å². The van der Waals surface area contributed by atoms with Crippen molar-refractivity contribution in [3.05, 3.63) is 29.8 Å². The maximum absolute atomic E-state index is 8.99. The fourth-order valence-electron chi connectivity index (χ4n) is 1.45. The largest absolute Gasteiger partial charge is 0.395 e. The van der Waals surface area contributed by atoms with Crippen LogP contribution in [-0.4, -0.2) is 22.5 Å². The number of hydrogen-bond acceptors (Lipinski definition) is 3. The molecule has 0 aliphatic carbocycles. The SMILES string of the molecule is CC(C)(C)Sc1ccccc1CC(N)CO. The van der Waals surface area contributed by atoms with Crippen LogP contribution in [0.1, 0.15) is 26.3 Å². The Balaban J connectivity index is 2.83. The number of thioether (sulfide) groups is 1. The van der Waals surface area contributed by atoms with Gasteiger partial charge in [-0.15, -0.1) is 11.8 Å². The van der Waals surface area contributed by atoms with E-state index in [1.807, 2.05) is 23.9 Å². The molecule has 1 aromatic rings. The van der Waals surface area contributed by atoms with E-state index in [-0.39, 0.29) is 17.4 Å². The molecule has 2 nitrogen and oxygen atoms in total. The van der Waals surface area contributed by atoms with Gasteiger partial charge in [0, 0.05) is 15.7 Å². The molecule has 0 fully saturated rings. The second kappa shape index (κ2) is 5.71. The van der Waals surface area contributed by atoms with Crippen LogP contribution in [0.5, 0.6) is 0 Å². The molecule has 0 radical (unpaired) electrons. The van der Waals surface area contributed by atoms with Crippen molar-refractivity contribution in [3.63, 3.8) is 0 Å². The van der Waals surface area contributed by atoms with Crippen molar-refractivity contribution in [2.45, 2.75) is 42.9 Å². The molecule has 0 aliphatic rings. The van der Waals surface area contributed by atoms with Crippen molar-refractivity contribution in [2.75, 3.05) is 6.61 Å². The summed E-state index contributed by atoms with van der Waals surface area (Å²) in [4.78, 5) is 1.26. The van der Waals surface area contributed by atoms with Crippen molar-refractivity contribution in [1.29, 1.82) is 0 Å². The molecule has 0 amide bonds. The van der Waals surface area contributed by atoms with Gasteiger partial charge in [0.05, 0.1) is 6.61 Å². The Morgan fingerprint density at radius 3 is 2.50 bits per heavy atom. The maximum Gasteiger partial charge on any atom is 0.0585 e. The zero-order chi connectivity index (χ0) is 12.2. The highest BCUT2D eigenvalue weighted by molar-refractivity contribution is 8.00. The third-order valence-electron chi connectivity index (χ3n) is 2.11. The number of benzene rings is 1. The smallest absolute Gasteiger partial charge is 0.0585 e. The number of rotatable bonds is 4. The van der Waals surface area contributed by atoms with Crippen LogP contribution in [0, 0.1) is 0 Å². The van der Waals surface area contributed by atoms with Gasteiger partial charge in [-0.1, -0.05) is 39.0 Å². The molecule has 16 heavy (non-hydrogen) atoms. The highest BCUT2D eigenvalue weighted by atomic mass is 32.2. The number of hydrogen-bond donors (Lipinski definition) is 2. The summed E-state index contributed by atoms with van der Waals surface area (Å²) < 4.78 is 0.194. The van der Waals surface area contributed by atoms with Gasteiger partial charge in [-0.3, -0.25) is 0 Å². The minimum atomic E-state index is -0.165. The maximum atomic E-state index is 8.99. The van der Waals surface area contributed by atoms with Crippen molar-refractivity contribution >= 4 is 11.8 Å². The summed E-state index contributed by atoms with van der Waals surface area (Å²) in [7, 11) is 0. The molecule has 90 valence electrons. The van der Waals surface area contributed by atoms with E-state index >= 15 is 0 Å². The van der Waals surface area contributed by atoms with E-state index in [9.17, 15) is 0 Å². The predicted molar refractivity (Wildman–Crippen MR) is 70.8 cm³/mol. The molecule has 0 spiro atoms. The average Bonchev–Trinajstić information content (AvgIpc) is 2.18. The Labute approximate surface area is 102 Å². The lowest BCUT2D eigenvalue weighted by atomic mass is 10.1. The van der Waals surface area contributed by atoms with Gasteiger partial charge in [0.2, 0.25) is 0 Å². The van der Waals surface area contributed by atoms with Crippen molar-refractivity contribution in [3.8, 4) is 0 Å². The molecule has 3 heteroatoms. The lowest BCUT2D eigenvalue weighted by Crippen LogP contribution is -2.27. The first-order valence-corrected chi connectivity index (χ1v) is 6.37. The monoisotopic (exact) mass is 239 g/mol. The molecule has 1 unspecified atom stereocenters. The quantitative estimate of drug-likeness (QED) is 0.793. The van der Waals surface area contributed by atoms with Gasteiger partial charge in [0.1, 0.15) is 0 Å². The van der Waals surface area contributed by atoms with Gasteiger partial charge >= 0.3 is 0 Å². The Bertz CT molecular complexity index is 333. The number of nitrogens with two attached hydrogens (primary N) is 1. The second-order valence-corrected chi connectivity index (χ2v) is 6.84. The highest BCUT2D eigenvalue weighted by Gasteiger charge is 2.15. The minimum absolute atomic E-state index is 0.0362. The summed E-state index contributed by atoms with van der Waals surface area (Å²) in [5.41, 5.74) is 7.00. The Hall–Kier alpha value is -0.510. The average molecular weight is 239 g/mol. The van der Waals surface area contributed by atoms with Crippen LogP contribution >= 0.6 is 11.8 Å². The van der Waals surface area contributed by atoms with Crippen LogP contribution in [0.4, 0.5) is 0 Å². The van der Waals surface area contributed by atoms with Crippen molar-refractivity contribution in [1.82, 2.24) is 0 Å². The summed E-state index contributed by atoms with van der Waals surface area (Å²) in [5.74, 6) is 0. The van der Waals surface area contributed by atoms with E-state index in [0.717, 1.165) is 6.42 Å². The van der Waals surface area contributed by atoms with Gasteiger partial charge in [0.25, 0.3) is 0 Å². The van der Waals surface area contributed by atoms with Gasteiger partial charge in [-0.25, -0.2) is 0 Å². The molecule has 1 rings (SSSR count). The van der Waals surface area contributed by atoms with Gasteiger partial charge in [-0.2, -0.15) is 0 Å². The van der Waals surface area contributed by atoms with Crippen molar-refractivity contribution < 1.29 is 5.11 Å². The molecule has 3 N–H and O–H groups in total. The van der Waals surface area contributed by atoms with Crippen LogP contribution in [0.3, 0.4) is 0 Å². The normalized spacial score (nSPS) is 13.8. The molecule has 0 aliphatic heterocycles. The third kappa shape index (κ3) is 4.56. The lowest BCUT2D eigenvalue weighted by molar-refractivity contribution is 0.265. The zero-order valence-corrected chi connectivity index (χ0v) is 11.1. The molecule has 0 bridgehead atoms. The van der Waals surface area contributed by atoms with Gasteiger partial charge in [0.15, 0.2) is 0 Å². The molecule has 0 saturated heterocycles. The fourth-order valence-corrected chi connectivity index (χ4v) is 2.54. The van der Waals surface area contributed by atoms with Crippen molar-refractivity contribution in [2.24, 2.45) is 5.73 Å². The summed E-state index contributed by atoms with van der Waals surface area (Å²) in [6.45, 7) is 6.62. The predicted octanol–water partition coefficient (Wildman–Crippen LogP) is 2.44. The molecule has 1 aromatic carbocycles. The Kier molecular flexibility index (Phi) is 4.84. The fraction of sp³-hybridized carbons (Fsp3) is 0.538. The van der Waals surface area contributed by atoms with E-state index in [1.165, 1.54) is 10.5 Å². The minimum Gasteiger partial charge on any atom is -0.395 e. The topological polar surface area (TPSA) is 46.2 Å². The molecule has 1 atom stereocenters. The highest BCUT2D eigenvalue weighted by Crippen LogP contribution is 2.34. The molecular formula is C13H21NOS. The van der Waals surface area contributed by atoms with Crippen LogP contribution in [0.2, 0.25) is 0 Å². The van der Waals surface area contributed by atoms with Crippen LogP contribution in [0.15, 0.2) is 29.2 Å². The summed E-state index contributed by atoms with van der Waals surface area (Å²) >= 11 is 1.84. The Morgan fingerprint density at radius 1 is 1.31 bits per heavy atom. The lowest BCUT2D eigenvalue weighted by Gasteiger charge is -2.20. The van der Waals surface area contributed by atoms with E-state index in [4.69, 9.17) is 10.8 Å². The first-order chi connectivity index (χ1) is 7.42. The molecule has 0 saturated carbocycles. The standard InChI is InChI=1S/C13H21NOS/c1-13(2,3)16-12-7-5-4-6-10(12)8-11(14)9-15/h4-7,11,15H,8-9,14H2,1-3H3. The zero-order valence-electron chi connectivity index (χ0n) is 10.2. The first kappa shape index (κ1) is 13.6.